The average molecular weight is 401 g/mol. The van der Waals surface area contributed by atoms with Gasteiger partial charge in [0.05, 0.1) is 18.0 Å². The van der Waals surface area contributed by atoms with Gasteiger partial charge >= 0.3 is 0 Å². The molecule has 0 heterocycles. The molecular formula is C20H23N3O4S. The maximum atomic E-state index is 12.0. The minimum absolute atomic E-state index is 0.0245. The minimum Gasteiger partial charge on any atom is -0.343 e. The molecule has 0 aliphatic carbocycles. The third kappa shape index (κ3) is 6.88. The first-order valence-corrected chi connectivity index (χ1v) is 10.4. The molecule has 2 aromatic carbocycles. The molecule has 148 valence electrons. The number of carbonyl (C=O) groups is 2. The van der Waals surface area contributed by atoms with Crippen LogP contribution in [0.1, 0.15) is 18.1 Å². The molecule has 0 radical (unpaired) electrons. The number of aryl methyl sites for hydroxylation is 1. The Hall–Kier alpha value is -3.13. The fraction of sp³-hybridized carbons (Fsp3) is 0.200. The molecule has 0 saturated heterocycles. The van der Waals surface area contributed by atoms with E-state index >= 15 is 0 Å². The molecule has 0 aliphatic rings. The number of hydrogen-bond donors (Lipinski definition) is 3. The van der Waals surface area contributed by atoms with Crippen molar-refractivity contribution in [3.63, 3.8) is 0 Å². The molecule has 0 spiro atoms. The van der Waals surface area contributed by atoms with E-state index < -0.39 is 10.0 Å². The minimum atomic E-state index is -3.37. The number of nitrogens with one attached hydrogen (secondary N) is 3. The second kappa shape index (κ2) is 9.70. The molecule has 0 aliphatic heterocycles. The average Bonchev–Trinajstić information content (AvgIpc) is 2.67. The Kier molecular flexibility index (Phi) is 7.34. The van der Waals surface area contributed by atoms with Crippen LogP contribution < -0.4 is 15.4 Å². The van der Waals surface area contributed by atoms with Crippen molar-refractivity contribution in [3.8, 4) is 0 Å². The normalized spacial score (nSPS) is 11.2. The molecular weight excluding hydrogens is 378 g/mol. The van der Waals surface area contributed by atoms with E-state index in [0.717, 1.165) is 5.56 Å². The summed E-state index contributed by atoms with van der Waals surface area (Å²) in [6.45, 7) is 3.11. The van der Waals surface area contributed by atoms with Gasteiger partial charge in [0.15, 0.2) is 0 Å². The second-order valence-corrected chi connectivity index (χ2v) is 8.06. The van der Waals surface area contributed by atoms with Crippen LogP contribution in [0.25, 0.3) is 6.08 Å². The van der Waals surface area contributed by atoms with Gasteiger partial charge in [-0.25, -0.2) is 8.42 Å². The molecule has 0 unspecified atom stereocenters. The highest BCUT2D eigenvalue weighted by Gasteiger charge is 2.10. The highest BCUT2D eigenvalue weighted by Crippen LogP contribution is 2.20. The van der Waals surface area contributed by atoms with Crippen molar-refractivity contribution in [2.45, 2.75) is 13.8 Å². The Labute approximate surface area is 164 Å². The van der Waals surface area contributed by atoms with Crippen LogP contribution in [0, 0.1) is 6.92 Å². The zero-order valence-corrected chi connectivity index (χ0v) is 16.5. The van der Waals surface area contributed by atoms with Gasteiger partial charge < -0.3 is 10.6 Å². The SMILES string of the molecule is CCS(=O)(=O)Nc1ccc(NC(=O)CNC(=O)/C=C/c2ccccc2)cc1C. The number of rotatable bonds is 8. The van der Waals surface area contributed by atoms with Gasteiger partial charge in [0.1, 0.15) is 0 Å². The summed E-state index contributed by atoms with van der Waals surface area (Å²) in [5.74, 6) is -0.786. The molecule has 28 heavy (non-hydrogen) atoms. The van der Waals surface area contributed by atoms with E-state index in [1.807, 2.05) is 30.3 Å². The first-order chi connectivity index (χ1) is 13.3. The lowest BCUT2D eigenvalue weighted by Gasteiger charge is -2.12. The Balaban J connectivity index is 1.86. The van der Waals surface area contributed by atoms with Crippen LogP contribution in [0.2, 0.25) is 0 Å². The zero-order chi connectivity index (χ0) is 20.6. The van der Waals surface area contributed by atoms with Crippen LogP contribution in [0.4, 0.5) is 11.4 Å². The van der Waals surface area contributed by atoms with Crippen LogP contribution in [0.5, 0.6) is 0 Å². The lowest BCUT2D eigenvalue weighted by molar-refractivity contribution is -0.121. The first kappa shape index (κ1) is 21.2. The smallest absolute Gasteiger partial charge is 0.244 e. The number of anilines is 2. The first-order valence-electron chi connectivity index (χ1n) is 8.71. The number of benzene rings is 2. The van der Waals surface area contributed by atoms with E-state index in [0.29, 0.717) is 16.9 Å². The summed E-state index contributed by atoms with van der Waals surface area (Å²) < 4.78 is 25.8. The summed E-state index contributed by atoms with van der Waals surface area (Å²) in [5.41, 5.74) is 2.52. The highest BCUT2D eigenvalue weighted by molar-refractivity contribution is 7.92. The molecule has 0 fully saturated rings. The van der Waals surface area contributed by atoms with Crippen molar-refractivity contribution in [2.75, 3.05) is 22.3 Å². The number of amides is 2. The summed E-state index contributed by atoms with van der Waals surface area (Å²) in [6, 6.07) is 14.2. The predicted molar refractivity (Wildman–Crippen MR) is 111 cm³/mol. The van der Waals surface area contributed by atoms with Crippen LogP contribution >= 0.6 is 0 Å². The Morgan fingerprint density at radius 2 is 1.79 bits per heavy atom. The Morgan fingerprint density at radius 1 is 1.07 bits per heavy atom. The third-order valence-electron chi connectivity index (χ3n) is 3.81. The number of sulfonamides is 1. The lowest BCUT2D eigenvalue weighted by atomic mass is 10.2. The largest absolute Gasteiger partial charge is 0.343 e. The van der Waals surface area contributed by atoms with E-state index in [1.54, 1.807) is 38.1 Å². The van der Waals surface area contributed by atoms with Crippen molar-refractivity contribution in [1.82, 2.24) is 5.32 Å². The third-order valence-corrected chi connectivity index (χ3v) is 5.10. The zero-order valence-electron chi connectivity index (χ0n) is 15.7. The van der Waals surface area contributed by atoms with Crippen LogP contribution in [0.15, 0.2) is 54.6 Å². The molecule has 0 bridgehead atoms. The standard InChI is InChI=1S/C20H23N3O4S/c1-3-28(26,27)23-18-11-10-17(13-15(18)2)22-20(25)14-21-19(24)12-9-16-7-5-4-6-8-16/h4-13,23H,3,14H2,1-2H3,(H,21,24)(H,22,25)/b12-9+. The lowest BCUT2D eigenvalue weighted by Crippen LogP contribution is -2.31. The fourth-order valence-electron chi connectivity index (χ4n) is 2.26. The van der Waals surface area contributed by atoms with E-state index in [1.165, 1.54) is 6.08 Å². The maximum absolute atomic E-state index is 12.0. The maximum Gasteiger partial charge on any atom is 0.244 e. The van der Waals surface area contributed by atoms with Gasteiger partial charge in [-0.05, 0) is 49.2 Å². The summed E-state index contributed by atoms with van der Waals surface area (Å²) in [5, 5.41) is 5.17. The molecule has 7 nitrogen and oxygen atoms in total. The molecule has 0 aromatic heterocycles. The van der Waals surface area contributed by atoms with Crippen LogP contribution in [0.3, 0.4) is 0 Å². The summed E-state index contributed by atoms with van der Waals surface area (Å²) in [6.07, 6.45) is 3.02. The monoisotopic (exact) mass is 401 g/mol. The van der Waals surface area contributed by atoms with Crippen molar-refractivity contribution in [3.05, 3.63) is 65.7 Å². The van der Waals surface area contributed by atoms with E-state index in [9.17, 15) is 18.0 Å². The number of hydrogen-bond acceptors (Lipinski definition) is 4. The molecule has 2 amide bonds. The summed E-state index contributed by atoms with van der Waals surface area (Å²) >= 11 is 0. The second-order valence-electron chi connectivity index (χ2n) is 6.05. The van der Waals surface area contributed by atoms with Crippen LogP contribution in [-0.4, -0.2) is 32.5 Å². The molecule has 0 atom stereocenters. The van der Waals surface area contributed by atoms with Crippen molar-refractivity contribution in [1.29, 1.82) is 0 Å². The summed E-state index contributed by atoms with van der Waals surface area (Å²) in [7, 11) is -3.37. The van der Waals surface area contributed by atoms with Gasteiger partial charge in [-0.15, -0.1) is 0 Å². The van der Waals surface area contributed by atoms with Gasteiger partial charge in [-0.1, -0.05) is 30.3 Å². The molecule has 3 N–H and O–H groups in total. The topological polar surface area (TPSA) is 104 Å². The van der Waals surface area contributed by atoms with Crippen molar-refractivity contribution in [2.24, 2.45) is 0 Å². The molecule has 8 heteroatoms. The Bertz CT molecular complexity index is 970. The quantitative estimate of drug-likeness (QED) is 0.591. The van der Waals surface area contributed by atoms with E-state index in [-0.39, 0.29) is 24.1 Å². The van der Waals surface area contributed by atoms with E-state index in [4.69, 9.17) is 0 Å². The van der Waals surface area contributed by atoms with Gasteiger partial charge in [-0.3, -0.25) is 14.3 Å². The fourth-order valence-corrected chi connectivity index (χ4v) is 2.97. The van der Waals surface area contributed by atoms with Crippen molar-refractivity contribution >= 4 is 39.3 Å². The van der Waals surface area contributed by atoms with Gasteiger partial charge in [0, 0.05) is 11.8 Å². The predicted octanol–water partition coefficient (Wildman–Crippen LogP) is 2.52. The van der Waals surface area contributed by atoms with Gasteiger partial charge in [0.2, 0.25) is 21.8 Å². The number of carbonyl (C=O) groups excluding carboxylic acids is 2. The highest BCUT2D eigenvalue weighted by atomic mass is 32.2. The summed E-state index contributed by atoms with van der Waals surface area (Å²) in [4.78, 5) is 23.8. The van der Waals surface area contributed by atoms with Crippen molar-refractivity contribution < 1.29 is 18.0 Å². The Morgan fingerprint density at radius 3 is 2.43 bits per heavy atom. The van der Waals surface area contributed by atoms with Crippen LogP contribution in [-0.2, 0) is 19.6 Å². The molecule has 2 aromatic rings. The molecule has 0 saturated carbocycles. The molecule has 2 rings (SSSR count). The van der Waals surface area contributed by atoms with Gasteiger partial charge in [-0.2, -0.15) is 0 Å². The van der Waals surface area contributed by atoms with E-state index in [2.05, 4.69) is 15.4 Å². The van der Waals surface area contributed by atoms with Gasteiger partial charge in [0.25, 0.3) is 0 Å².